The van der Waals surface area contributed by atoms with Crippen molar-refractivity contribution in [3.8, 4) is 16.9 Å². The number of para-hydroxylation sites is 1. The van der Waals surface area contributed by atoms with Crippen molar-refractivity contribution in [2.24, 2.45) is 0 Å². The van der Waals surface area contributed by atoms with Gasteiger partial charge in [-0.25, -0.2) is 0 Å². The zero-order valence-electron chi connectivity index (χ0n) is 17.5. The molecule has 0 saturated heterocycles. The molecule has 1 atom stereocenters. The van der Waals surface area contributed by atoms with E-state index in [1.54, 1.807) is 18.9 Å². The minimum absolute atomic E-state index is 0.0354. The van der Waals surface area contributed by atoms with Crippen LogP contribution in [0.1, 0.15) is 19.4 Å². The van der Waals surface area contributed by atoms with Crippen LogP contribution in [0.25, 0.3) is 11.1 Å². The van der Waals surface area contributed by atoms with Gasteiger partial charge in [0, 0.05) is 26.2 Å². The first kappa shape index (κ1) is 21.1. The van der Waals surface area contributed by atoms with Crippen LogP contribution in [0.3, 0.4) is 0 Å². The molecule has 3 aromatic carbocycles. The van der Waals surface area contributed by atoms with Gasteiger partial charge in [-0.3, -0.25) is 9.59 Å². The van der Waals surface area contributed by atoms with Gasteiger partial charge < -0.3 is 15.0 Å². The Morgan fingerprint density at radius 2 is 1.50 bits per heavy atom. The number of amides is 2. The number of hydrogen-bond acceptors (Lipinski definition) is 3. The Balaban J connectivity index is 1.63. The summed E-state index contributed by atoms with van der Waals surface area (Å²) in [5.74, 6) is 0.341. The third kappa shape index (κ3) is 5.47. The number of ether oxygens (including phenoxy) is 1. The smallest absolute Gasteiger partial charge is 0.265 e. The Labute approximate surface area is 177 Å². The third-order valence-electron chi connectivity index (χ3n) is 4.86. The molecule has 0 aromatic heterocycles. The first-order chi connectivity index (χ1) is 14.4. The summed E-state index contributed by atoms with van der Waals surface area (Å²) in [5.41, 5.74) is 3.75. The van der Waals surface area contributed by atoms with E-state index in [2.05, 4.69) is 5.32 Å². The molecule has 1 N–H and O–H groups in total. The van der Waals surface area contributed by atoms with E-state index in [-0.39, 0.29) is 11.8 Å². The van der Waals surface area contributed by atoms with Crippen LogP contribution in [0.4, 0.5) is 5.69 Å². The van der Waals surface area contributed by atoms with Gasteiger partial charge >= 0.3 is 0 Å². The molecule has 3 rings (SSSR count). The Bertz CT molecular complexity index is 1000. The van der Waals surface area contributed by atoms with Crippen LogP contribution in [0.15, 0.2) is 78.9 Å². The molecule has 0 heterocycles. The van der Waals surface area contributed by atoms with Crippen molar-refractivity contribution in [3.63, 3.8) is 0 Å². The van der Waals surface area contributed by atoms with Gasteiger partial charge in [0.1, 0.15) is 5.75 Å². The molecular weight excluding hydrogens is 376 g/mol. The van der Waals surface area contributed by atoms with E-state index < -0.39 is 6.10 Å². The SMILES string of the molecule is CC(=O)N(C)Cc1ccccc1NC(=O)C(C)Oc1ccc(-c2ccccc2)cc1. The van der Waals surface area contributed by atoms with E-state index >= 15 is 0 Å². The molecule has 5 heteroatoms. The molecular formula is C25H26N2O3. The summed E-state index contributed by atoms with van der Waals surface area (Å²) in [5, 5.41) is 2.91. The molecule has 0 spiro atoms. The second kappa shape index (κ2) is 9.74. The Morgan fingerprint density at radius 3 is 2.17 bits per heavy atom. The Kier molecular flexibility index (Phi) is 6.86. The fourth-order valence-electron chi connectivity index (χ4n) is 3.00. The maximum absolute atomic E-state index is 12.7. The van der Waals surface area contributed by atoms with Gasteiger partial charge in [-0.2, -0.15) is 0 Å². The highest BCUT2D eigenvalue weighted by Crippen LogP contribution is 2.23. The van der Waals surface area contributed by atoms with Gasteiger partial charge in [0.15, 0.2) is 6.10 Å². The molecule has 0 radical (unpaired) electrons. The number of carbonyl (C=O) groups is 2. The van der Waals surface area contributed by atoms with Crippen molar-refractivity contribution in [1.29, 1.82) is 0 Å². The third-order valence-corrected chi connectivity index (χ3v) is 4.86. The molecule has 0 aliphatic heterocycles. The zero-order chi connectivity index (χ0) is 21.5. The van der Waals surface area contributed by atoms with Crippen LogP contribution in [-0.4, -0.2) is 29.9 Å². The van der Waals surface area contributed by atoms with Crippen molar-refractivity contribution in [3.05, 3.63) is 84.4 Å². The van der Waals surface area contributed by atoms with Crippen molar-refractivity contribution < 1.29 is 14.3 Å². The van der Waals surface area contributed by atoms with Crippen LogP contribution in [-0.2, 0) is 16.1 Å². The van der Waals surface area contributed by atoms with Gasteiger partial charge in [-0.15, -0.1) is 0 Å². The van der Waals surface area contributed by atoms with Crippen molar-refractivity contribution in [2.45, 2.75) is 26.5 Å². The van der Waals surface area contributed by atoms with Gasteiger partial charge in [-0.1, -0.05) is 60.7 Å². The average Bonchev–Trinajstić information content (AvgIpc) is 2.76. The van der Waals surface area contributed by atoms with Crippen molar-refractivity contribution in [2.75, 3.05) is 12.4 Å². The lowest BCUT2D eigenvalue weighted by atomic mass is 10.1. The summed E-state index contributed by atoms with van der Waals surface area (Å²) in [6, 6.07) is 25.2. The number of nitrogens with zero attached hydrogens (tertiary/aromatic N) is 1. The predicted molar refractivity (Wildman–Crippen MR) is 119 cm³/mol. The van der Waals surface area contributed by atoms with Gasteiger partial charge in [-0.05, 0) is 41.8 Å². The molecule has 5 nitrogen and oxygen atoms in total. The van der Waals surface area contributed by atoms with E-state index in [0.29, 0.717) is 18.0 Å². The second-order valence-corrected chi connectivity index (χ2v) is 7.17. The number of anilines is 1. The highest BCUT2D eigenvalue weighted by molar-refractivity contribution is 5.94. The van der Waals surface area contributed by atoms with Crippen molar-refractivity contribution >= 4 is 17.5 Å². The molecule has 0 saturated carbocycles. The number of rotatable bonds is 7. The molecule has 3 aromatic rings. The molecule has 0 aliphatic carbocycles. The Hall–Kier alpha value is -3.60. The highest BCUT2D eigenvalue weighted by Gasteiger charge is 2.17. The summed E-state index contributed by atoms with van der Waals surface area (Å²) in [6.07, 6.45) is -0.675. The van der Waals surface area contributed by atoms with E-state index in [1.807, 2.05) is 78.9 Å². The normalized spacial score (nSPS) is 11.4. The number of hydrogen-bond donors (Lipinski definition) is 1. The molecule has 154 valence electrons. The number of benzene rings is 3. The predicted octanol–water partition coefficient (Wildman–Crippen LogP) is 4.74. The fourth-order valence-corrected chi connectivity index (χ4v) is 3.00. The van der Waals surface area contributed by atoms with E-state index in [9.17, 15) is 9.59 Å². The summed E-state index contributed by atoms with van der Waals surface area (Å²) < 4.78 is 5.82. The quantitative estimate of drug-likeness (QED) is 0.621. The summed E-state index contributed by atoms with van der Waals surface area (Å²) in [4.78, 5) is 25.8. The topological polar surface area (TPSA) is 58.6 Å². The summed E-state index contributed by atoms with van der Waals surface area (Å²) in [6.45, 7) is 3.65. The lowest BCUT2D eigenvalue weighted by Gasteiger charge is -2.19. The van der Waals surface area contributed by atoms with Crippen LogP contribution in [0.5, 0.6) is 5.75 Å². The van der Waals surface area contributed by atoms with E-state index in [1.165, 1.54) is 6.92 Å². The first-order valence-corrected chi connectivity index (χ1v) is 9.86. The van der Waals surface area contributed by atoms with Gasteiger partial charge in [0.2, 0.25) is 5.91 Å². The van der Waals surface area contributed by atoms with E-state index in [0.717, 1.165) is 16.7 Å². The van der Waals surface area contributed by atoms with Crippen LogP contribution in [0.2, 0.25) is 0 Å². The van der Waals surface area contributed by atoms with Crippen LogP contribution >= 0.6 is 0 Å². The summed E-state index contributed by atoms with van der Waals surface area (Å²) in [7, 11) is 1.73. The second-order valence-electron chi connectivity index (χ2n) is 7.17. The molecule has 0 aliphatic rings. The molecule has 1 unspecified atom stereocenters. The maximum atomic E-state index is 12.7. The fraction of sp³-hybridized carbons (Fsp3) is 0.200. The highest BCUT2D eigenvalue weighted by atomic mass is 16.5. The zero-order valence-corrected chi connectivity index (χ0v) is 17.5. The van der Waals surface area contributed by atoms with Crippen molar-refractivity contribution in [1.82, 2.24) is 4.90 Å². The monoisotopic (exact) mass is 402 g/mol. The molecule has 2 amide bonds. The minimum atomic E-state index is -0.675. The average molecular weight is 402 g/mol. The summed E-state index contributed by atoms with van der Waals surface area (Å²) >= 11 is 0. The lowest BCUT2D eigenvalue weighted by molar-refractivity contribution is -0.128. The first-order valence-electron chi connectivity index (χ1n) is 9.86. The molecule has 0 fully saturated rings. The largest absolute Gasteiger partial charge is 0.481 e. The lowest BCUT2D eigenvalue weighted by Crippen LogP contribution is -2.31. The van der Waals surface area contributed by atoms with Crippen LogP contribution in [0, 0.1) is 0 Å². The molecule has 30 heavy (non-hydrogen) atoms. The van der Waals surface area contributed by atoms with Gasteiger partial charge in [0.05, 0.1) is 0 Å². The van der Waals surface area contributed by atoms with Crippen LogP contribution < -0.4 is 10.1 Å². The number of nitrogens with one attached hydrogen (secondary N) is 1. The van der Waals surface area contributed by atoms with Gasteiger partial charge in [0.25, 0.3) is 5.91 Å². The minimum Gasteiger partial charge on any atom is -0.481 e. The van der Waals surface area contributed by atoms with E-state index in [4.69, 9.17) is 4.74 Å². The Morgan fingerprint density at radius 1 is 0.900 bits per heavy atom. The maximum Gasteiger partial charge on any atom is 0.265 e. The standard InChI is InChI=1S/C25H26N2O3/c1-18(30-23-15-13-21(14-16-23)20-9-5-4-6-10-20)25(29)26-24-12-8-7-11-22(24)17-27(3)19(2)28/h4-16,18H,17H2,1-3H3,(H,26,29). The number of carbonyl (C=O) groups excluding carboxylic acids is 2. The molecule has 0 bridgehead atoms.